The van der Waals surface area contributed by atoms with E-state index in [9.17, 15) is 0 Å². The molecule has 0 bridgehead atoms. The lowest BCUT2D eigenvalue weighted by atomic mass is 9.92. The van der Waals surface area contributed by atoms with Crippen molar-refractivity contribution in [3.05, 3.63) is 176 Å². The summed E-state index contributed by atoms with van der Waals surface area (Å²) in [6.07, 6.45) is 0. The molecule has 12 rings (SSSR count). The maximum absolute atomic E-state index is 6.25. The molecule has 0 fully saturated rings. The number of benzene rings is 8. The van der Waals surface area contributed by atoms with Gasteiger partial charge in [0.1, 0.15) is 11.2 Å². The number of fused-ring (bicyclic) bond motifs is 9. The number of para-hydroxylation sites is 1. The Kier molecular flexibility index (Phi) is 7.24. The highest BCUT2D eigenvalue weighted by molar-refractivity contribution is 7.26. The third kappa shape index (κ3) is 5.22. The summed E-state index contributed by atoms with van der Waals surface area (Å²) >= 11 is 3.66. The Morgan fingerprint density at radius 3 is 1.75 bits per heavy atom. The van der Waals surface area contributed by atoms with Gasteiger partial charge in [0.2, 0.25) is 0 Å². The largest absolute Gasteiger partial charge is 0.456 e. The quantitative estimate of drug-likeness (QED) is 0.175. The molecule has 0 radical (unpaired) electrons. The van der Waals surface area contributed by atoms with E-state index in [2.05, 4.69) is 127 Å². The molecule has 266 valence electrons. The SMILES string of the molecule is c1ccc(-c2nc(-c3ccccc3)nc(-c3cccc4c3sc3cccc(-c5cc(-c6ccc7oc8ccccc8c7c6)c6c(c5)sc5ccccc56)c34)n2)cc1. The first-order chi connectivity index (χ1) is 28.2. The number of thiophene rings is 2. The fourth-order valence-corrected chi connectivity index (χ4v) is 10.7. The molecule has 0 unspecified atom stereocenters. The van der Waals surface area contributed by atoms with Gasteiger partial charge in [0.25, 0.3) is 0 Å². The van der Waals surface area contributed by atoms with Gasteiger partial charge in [-0.25, -0.2) is 15.0 Å². The van der Waals surface area contributed by atoms with E-state index < -0.39 is 0 Å². The summed E-state index contributed by atoms with van der Waals surface area (Å²) in [7, 11) is 0. The van der Waals surface area contributed by atoms with Crippen LogP contribution in [0, 0.1) is 0 Å². The second-order valence-corrected chi connectivity index (χ2v) is 16.4. The molecule has 0 atom stereocenters. The Morgan fingerprint density at radius 2 is 0.947 bits per heavy atom. The van der Waals surface area contributed by atoms with Crippen LogP contribution in [0.5, 0.6) is 0 Å². The van der Waals surface area contributed by atoms with Crippen molar-refractivity contribution in [2.75, 3.05) is 0 Å². The highest BCUT2D eigenvalue weighted by Crippen LogP contribution is 2.48. The van der Waals surface area contributed by atoms with Crippen molar-refractivity contribution in [3.63, 3.8) is 0 Å². The lowest BCUT2D eigenvalue weighted by Gasteiger charge is -2.11. The first-order valence-corrected chi connectivity index (χ1v) is 20.6. The molecule has 0 aliphatic rings. The minimum atomic E-state index is 0.657. The zero-order valence-electron chi connectivity index (χ0n) is 30.3. The van der Waals surface area contributed by atoms with Gasteiger partial charge in [0, 0.05) is 67.8 Å². The molecule has 0 saturated carbocycles. The van der Waals surface area contributed by atoms with Crippen LogP contribution in [-0.4, -0.2) is 15.0 Å². The molecule has 57 heavy (non-hydrogen) atoms. The van der Waals surface area contributed by atoms with Crippen LogP contribution in [0.1, 0.15) is 0 Å². The molecule has 0 spiro atoms. The van der Waals surface area contributed by atoms with Crippen molar-refractivity contribution in [3.8, 4) is 56.4 Å². The van der Waals surface area contributed by atoms with Crippen molar-refractivity contribution < 1.29 is 4.42 Å². The van der Waals surface area contributed by atoms with Crippen LogP contribution >= 0.6 is 22.7 Å². The fraction of sp³-hybridized carbons (Fsp3) is 0. The van der Waals surface area contributed by atoms with E-state index >= 15 is 0 Å². The molecule has 4 aromatic heterocycles. The lowest BCUT2D eigenvalue weighted by molar-refractivity contribution is 0.669. The molecule has 12 aromatic rings. The summed E-state index contributed by atoms with van der Waals surface area (Å²) in [4.78, 5) is 15.2. The second kappa shape index (κ2) is 12.8. The van der Waals surface area contributed by atoms with Gasteiger partial charge in [-0.3, -0.25) is 0 Å². The Labute approximate surface area is 335 Å². The van der Waals surface area contributed by atoms with Crippen LogP contribution in [0.2, 0.25) is 0 Å². The molecule has 0 saturated heterocycles. The summed E-state index contributed by atoms with van der Waals surface area (Å²) < 4.78 is 11.2. The maximum Gasteiger partial charge on any atom is 0.165 e. The molecule has 0 aliphatic heterocycles. The van der Waals surface area contributed by atoms with Crippen LogP contribution in [0.15, 0.2) is 180 Å². The van der Waals surface area contributed by atoms with E-state index in [1.165, 1.54) is 57.9 Å². The smallest absolute Gasteiger partial charge is 0.165 e. The topological polar surface area (TPSA) is 51.8 Å². The first-order valence-electron chi connectivity index (χ1n) is 18.9. The van der Waals surface area contributed by atoms with Gasteiger partial charge >= 0.3 is 0 Å². The van der Waals surface area contributed by atoms with Crippen molar-refractivity contribution >= 4 is 85.0 Å². The van der Waals surface area contributed by atoms with Crippen LogP contribution < -0.4 is 0 Å². The first kappa shape index (κ1) is 32.3. The van der Waals surface area contributed by atoms with E-state index in [0.717, 1.165) is 43.3 Å². The van der Waals surface area contributed by atoms with E-state index in [0.29, 0.717) is 17.5 Å². The molecule has 0 amide bonds. The summed E-state index contributed by atoms with van der Waals surface area (Å²) in [6, 6.07) is 62.1. The van der Waals surface area contributed by atoms with E-state index in [1.54, 1.807) is 11.3 Å². The second-order valence-electron chi connectivity index (χ2n) is 14.3. The van der Waals surface area contributed by atoms with Gasteiger partial charge in [-0.2, -0.15) is 0 Å². The van der Waals surface area contributed by atoms with Gasteiger partial charge in [0.15, 0.2) is 17.5 Å². The van der Waals surface area contributed by atoms with Gasteiger partial charge in [0.05, 0.1) is 0 Å². The van der Waals surface area contributed by atoms with Gasteiger partial charge in [-0.1, -0.05) is 127 Å². The average Bonchev–Trinajstić information content (AvgIpc) is 3.97. The minimum absolute atomic E-state index is 0.657. The van der Waals surface area contributed by atoms with Crippen molar-refractivity contribution in [1.82, 2.24) is 15.0 Å². The van der Waals surface area contributed by atoms with Crippen LogP contribution in [0.4, 0.5) is 0 Å². The summed E-state index contributed by atoms with van der Waals surface area (Å²) in [5.41, 5.74) is 9.50. The number of aromatic nitrogens is 3. The third-order valence-corrected chi connectivity index (χ3v) is 13.3. The number of hydrogen-bond acceptors (Lipinski definition) is 6. The summed E-state index contributed by atoms with van der Waals surface area (Å²) in [5, 5.41) is 7.26. The number of hydrogen-bond donors (Lipinski definition) is 0. The van der Waals surface area contributed by atoms with Crippen LogP contribution in [0.25, 0.3) is 119 Å². The number of rotatable bonds is 5. The maximum atomic E-state index is 6.25. The zero-order chi connectivity index (χ0) is 37.5. The molecule has 8 aromatic carbocycles. The van der Waals surface area contributed by atoms with E-state index in [1.807, 2.05) is 59.9 Å². The lowest BCUT2D eigenvalue weighted by Crippen LogP contribution is -2.00. The van der Waals surface area contributed by atoms with Gasteiger partial charge in [-0.05, 0) is 70.8 Å². The molecular weight excluding hydrogens is 735 g/mol. The Hall–Kier alpha value is -6.99. The Bertz CT molecular complexity index is 3470. The van der Waals surface area contributed by atoms with Crippen molar-refractivity contribution in [2.24, 2.45) is 0 Å². The Balaban J connectivity index is 1.08. The monoisotopic (exact) mass is 763 g/mol. The highest BCUT2D eigenvalue weighted by atomic mass is 32.1. The summed E-state index contributed by atoms with van der Waals surface area (Å²) in [5.74, 6) is 1.98. The molecule has 0 aliphatic carbocycles. The van der Waals surface area contributed by atoms with Gasteiger partial charge in [-0.15, -0.1) is 22.7 Å². The standard InChI is InChI=1S/C51H29N3OS2/c1-3-13-30(14-4-1)49-52-50(31-15-5-2-6-16-31)54-51(53-49)38-21-11-20-37-46-34(19-12-24-44(46)57-48(37)38)33-28-39(47-36-18-8-10-23-43(36)56-45(47)29-33)32-25-26-42-40(27-32)35-17-7-9-22-41(35)55-42/h1-29H. The molecule has 0 N–H and O–H groups in total. The molecule has 4 heterocycles. The fourth-order valence-electron chi connectivity index (χ4n) is 8.32. The number of furan rings is 1. The normalized spacial score (nSPS) is 11.9. The van der Waals surface area contributed by atoms with E-state index in [4.69, 9.17) is 19.4 Å². The van der Waals surface area contributed by atoms with Crippen molar-refractivity contribution in [1.29, 1.82) is 0 Å². The average molecular weight is 764 g/mol. The summed E-state index contributed by atoms with van der Waals surface area (Å²) in [6.45, 7) is 0. The zero-order valence-corrected chi connectivity index (χ0v) is 31.9. The Morgan fingerprint density at radius 1 is 0.333 bits per heavy atom. The molecule has 4 nitrogen and oxygen atoms in total. The number of nitrogens with zero attached hydrogens (tertiary/aromatic N) is 3. The van der Waals surface area contributed by atoms with Crippen molar-refractivity contribution in [2.45, 2.75) is 0 Å². The van der Waals surface area contributed by atoms with Crippen LogP contribution in [0.3, 0.4) is 0 Å². The highest BCUT2D eigenvalue weighted by Gasteiger charge is 2.21. The third-order valence-electron chi connectivity index (χ3n) is 10.9. The predicted molar refractivity (Wildman–Crippen MR) is 240 cm³/mol. The molecular formula is C51H29N3OS2. The predicted octanol–water partition coefficient (Wildman–Crippen LogP) is 14.8. The molecule has 6 heteroatoms. The minimum Gasteiger partial charge on any atom is -0.456 e. The van der Waals surface area contributed by atoms with E-state index in [-0.39, 0.29) is 0 Å². The van der Waals surface area contributed by atoms with Crippen LogP contribution in [-0.2, 0) is 0 Å². The van der Waals surface area contributed by atoms with Gasteiger partial charge < -0.3 is 4.42 Å².